The van der Waals surface area contributed by atoms with Gasteiger partial charge in [-0.25, -0.2) is 0 Å². The fraction of sp³-hybridized carbons (Fsp3) is 0.429. The van der Waals surface area contributed by atoms with Crippen molar-refractivity contribution < 1.29 is 10.2 Å². The summed E-state index contributed by atoms with van der Waals surface area (Å²) in [5, 5.41) is 22.7. The molecule has 1 rings (SSSR count). The number of hydrogen-bond donors (Lipinski definition) is 5. The van der Waals surface area contributed by atoms with Crippen LogP contribution in [0.5, 0.6) is 0 Å². The summed E-state index contributed by atoms with van der Waals surface area (Å²) in [7, 11) is 0. The molecule has 0 aliphatic carbocycles. The van der Waals surface area contributed by atoms with Crippen LogP contribution in [-0.4, -0.2) is 32.3 Å². The largest absolute Gasteiger partial charge is 0.389 e. The molecule has 0 radical (unpaired) electrons. The van der Waals surface area contributed by atoms with Crippen LogP contribution in [0.15, 0.2) is 15.7 Å². The number of aliphatic hydroxyl groups is 2. The molecular weight excluding hydrogens is 208 g/mol. The van der Waals surface area contributed by atoms with E-state index in [-0.39, 0.29) is 11.3 Å². The van der Waals surface area contributed by atoms with Gasteiger partial charge in [-0.1, -0.05) is 0 Å². The smallest absolute Gasteiger partial charge is 0.268 e. The predicted octanol–water partition coefficient (Wildman–Crippen LogP) is -1.61. The number of H-pyrrole nitrogens is 2. The number of aliphatic hydroxyl groups excluding tert-OH is 2. The molecule has 14 heavy (non-hydrogen) atoms. The second-order valence-corrected chi connectivity index (χ2v) is 3.10. The standard InChI is InChI=1S/C7H10N2O4S/c10-4(2-14)6(12)3-1-5(11)8-9-7(3)13/h1,4,6,10,12,14H,2H2,(H,8,11)(H,9,13). The maximum absolute atomic E-state index is 11.1. The molecule has 0 saturated heterocycles. The molecule has 7 heteroatoms. The van der Waals surface area contributed by atoms with E-state index in [4.69, 9.17) is 0 Å². The minimum absolute atomic E-state index is 0.00654. The van der Waals surface area contributed by atoms with Gasteiger partial charge in [-0.05, 0) is 0 Å². The highest BCUT2D eigenvalue weighted by atomic mass is 32.1. The van der Waals surface area contributed by atoms with Gasteiger partial charge in [-0.3, -0.25) is 19.8 Å². The second kappa shape index (κ2) is 4.45. The maximum Gasteiger partial charge on any atom is 0.268 e. The first-order chi connectivity index (χ1) is 6.56. The van der Waals surface area contributed by atoms with E-state index < -0.39 is 23.3 Å². The lowest BCUT2D eigenvalue weighted by Crippen LogP contribution is -2.30. The molecule has 1 heterocycles. The van der Waals surface area contributed by atoms with Crippen LogP contribution >= 0.6 is 12.6 Å². The quantitative estimate of drug-likeness (QED) is 0.393. The third-order valence-electron chi connectivity index (χ3n) is 1.72. The van der Waals surface area contributed by atoms with Crippen LogP contribution in [-0.2, 0) is 0 Å². The number of hydrogen-bond acceptors (Lipinski definition) is 5. The molecule has 78 valence electrons. The molecular formula is C7H10N2O4S. The summed E-state index contributed by atoms with van der Waals surface area (Å²) >= 11 is 3.76. The Balaban J connectivity index is 3.12. The summed E-state index contributed by atoms with van der Waals surface area (Å²) in [5.41, 5.74) is -1.36. The summed E-state index contributed by atoms with van der Waals surface area (Å²) in [4.78, 5) is 21.9. The summed E-state index contributed by atoms with van der Waals surface area (Å²) in [5.74, 6) is -0.00654. The molecule has 1 aromatic heterocycles. The summed E-state index contributed by atoms with van der Waals surface area (Å²) in [6.45, 7) is 0. The van der Waals surface area contributed by atoms with Crippen molar-refractivity contribution in [3.8, 4) is 0 Å². The van der Waals surface area contributed by atoms with Gasteiger partial charge in [0.05, 0.1) is 11.7 Å². The molecule has 0 amide bonds. The van der Waals surface area contributed by atoms with Gasteiger partial charge in [0.2, 0.25) is 0 Å². The molecule has 2 atom stereocenters. The average Bonchev–Trinajstić information content (AvgIpc) is 2.19. The van der Waals surface area contributed by atoms with Gasteiger partial charge in [-0.2, -0.15) is 12.6 Å². The Morgan fingerprint density at radius 1 is 1.36 bits per heavy atom. The van der Waals surface area contributed by atoms with Gasteiger partial charge in [0.25, 0.3) is 11.1 Å². The number of aromatic amines is 2. The van der Waals surface area contributed by atoms with Crippen LogP contribution in [0.4, 0.5) is 0 Å². The SMILES string of the molecule is O=c1cc(C(O)C(O)CS)c(=O)[nH][nH]1. The van der Waals surface area contributed by atoms with E-state index in [9.17, 15) is 19.8 Å². The van der Waals surface area contributed by atoms with Crippen LogP contribution in [0.2, 0.25) is 0 Å². The van der Waals surface area contributed by atoms with E-state index in [1.165, 1.54) is 0 Å². The van der Waals surface area contributed by atoms with E-state index >= 15 is 0 Å². The normalized spacial score (nSPS) is 15.1. The molecule has 0 saturated carbocycles. The van der Waals surface area contributed by atoms with Crippen LogP contribution in [0.25, 0.3) is 0 Å². The van der Waals surface area contributed by atoms with Gasteiger partial charge >= 0.3 is 0 Å². The minimum atomic E-state index is -1.40. The fourth-order valence-electron chi connectivity index (χ4n) is 0.960. The monoisotopic (exact) mass is 218 g/mol. The zero-order chi connectivity index (χ0) is 10.7. The zero-order valence-corrected chi connectivity index (χ0v) is 7.99. The number of aromatic nitrogens is 2. The van der Waals surface area contributed by atoms with Gasteiger partial charge in [0, 0.05) is 11.8 Å². The number of nitrogens with one attached hydrogen (secondary N) is 2. The highest BCUT2D eigenvalue weighted by molar-refractivity contribution is 7.80. The molecule has 0 spiro atoms. The molecule has 4 N–H and O–H groups in total. The van der Waals surface area contributed by atoms with Crippen LogP contribution in [0, 0.1) is 0 Å². The molecule has 0 aliphatic rings. The van der Waals surface area contributed by atoms with Gasteiger partial charge in [0.15, 0.2) is 0 Å². The summed E-state index contributed by atoms with van der Waals surface area (Å²) < 4.78 is 0. The first kappa shape index (κ1) is 11.0. The Morgan fingerprint density at radius 2 is 2.00 bits per heavy atom. The van der Waals surface area contributed by atoms with Crippen molar-refractivity contribution in [1.29, 1.82) is 0 Å². The van der Waals surface area contributed by atoms with Crippen LogP contribution in [0.1, 0.15) is 11.7 Å². The third-order valence-corrected chi connectivity index (χ3v) is 2.09. The highest BCUT2D eigenvalue weighted by Gasteiger charge is 2.20. The van der Waals surface area contributed by atoms with E-state index in [2.05, 4.69) is 12.6 Å². The van der Waals surface area contributed by atoms with Crippen LogP contribution < -0.4 is 11.1 Å². The molecule has 0 aromatic carbocycles. The lowest BCUT2D eigenvalue weighted by atomic mass is 10.1. The first-order valence-electron chi connectivity index (χ1n) is 3.85. The molecule has 1 aromatic rings. The van der Waals surface area contributed by atoms with Crippen molar-refractivity contribution in [2.24, 2.45) is 0 Å². The summed E-state index contributed by atoms with van der Waals surface area (Å²) in [6.07, 6.45) is -2.58. The molecule has 0 fully saturated rings. The minimum Gasteiger partial charge on any atom is -0.389 e. The van der Waals surface area contributed by atoms with E-state index in [0.717, 1.165) is 6.07 Å². The third kappa shape index (κ3) is 2.25. The molecule has 0 bridgehead atoms. The van der Waals surface area contributed by atoms with E-state index in [0.29, 0.717) is 0 Å². The topological polar surface area (TPSA) is 106 Å². The zero-order valence-electron chi connectivity index (χ0n) is 7.10. The number of rotatable bonds is 3. The second-order valence-electron chi connectivity index (χ2n) is 2.74. The Hall–Kier alpha value is -1.05. The Morgan fingerprint density at radius 3 is 2.57 bits per heavy atom. The Kier molecular flexibility index (Phi) is 3.50. The molecule has 0 aliphatic heterocycles. The van der Waals surface area contributed by atoms with E-state index in [1.807, 2.05) is 10.2 Å². The molecule has 2 unspecified atom stereocenters. The van der Waals surface area contributed by atoms with Crippen molar-refractivity contribution in [2.45, 2.75) is 12.2 Å². The summed E-state index contributed by atoms with van der Waals surface area (Å²) in [6, 6.07) is 0.941. The Labute approximate surface area is 84.0 Å². The van der Waals surface area contributed by atoms with Gasteiger partial charge in [-0.15, -0.1) is 0 Å². The predicted molar refractivity (Wildman–Crippen MR) is 52.5 cm³/mol. The number of thiol groups is 1. The average molecular weight is 218 g/mol. The first-order valence-corrected chi connectivity index (χ1v) is 4.48. The van der Waals surface area contributed by atoms with Crippen molar-refractivity contribution in [1.82, 2.24) is 10.2 Å². The maximum atomic E-state index is 11.1. The highest BCUT2D eigenvalue weighted by Crippen LogP contribution is 2.11. The van der Waals surface area contributed by atoms with Crippen molar-refractivity contribution in [3.63, 3.8) is 0 Å². The van der Waals surface area contributed by atoms with Crippen molar-refractivity contribution in [2.75, 3.05) is 5.75 Å². The lowest BCUT2D eigenvalue weighted by molar-refractivity contribution is 0.0327. The molecule has 6 nitrogen and oxygen atoms in total. The van der Waals surface area contributed by atoms with Crippen LogP contribution in [0.3, 0.4) is 0 Å². The van der Waals surface area contributed by atoms with Gasteiger partial charge < -0.3 is 10.2 Å². The van der Waals surface area contributed by atoms with Crippen molar-refractivity contribution in [3.05, 3.63) is 32.3 Å². The van der Waals surface area contributed by atoms with Gasteiger partial charge in [0.1, 0.15) is 6.10 Å². The lowest BCUT2D eigenvalue weighted by Gasteiger charge is -2.14. The fourth-order valence-corrected chi connectivity index (χ4v) is 1.16. The Bertz CT molecular complexity index is 413. The van der Waals surface area contributed by atoms with E-state index in [1.54, 1.807) is 0 Å². The van der Waals surface area contributed by atoms with Crippen molar-refractivity contribution >= 4 is 12.6 Å².